The third-order valence-corrected chi connectivity index (χ3v) is 6.93. The molecule has 28 heavy (non-hydrogen) atoms. The fourth-order valence-corrected chi connectivity index (χ4v) is 5.26. The average Bonchev–Trinajstić information content (AvgIpc) is 3.12. The molecule has 0 aliphatic carbocycles. The minimum atomic E-state index is -3.59. The molecule has 0 saturated carbocycles. The van der Waals surface area contributed by atoms with E-state index in [2.05, 4.69) is 5.32 Å². The molecule has 1 aliphatic heterocycles. The Morgan fingerprint density at radius 1 is 1.11 bits per heavy atom. The van der Waals surface area contributed by atoms with E-state index in [-0.39, 0.29) is 22.8 Å². The number of benzene rings is 2. The molecule has 3 rings (SSSR count). The van der Waals surface area contributed by atoms with Crippen LogP contribution in [0.1, 0.15) is 50.3 Å². The molecule has 0 unspecified atom stereocenters. The highest BCUT2D eigenvalue weighted by Gasteiger charge is 2.36. The lowest BCUT2D eigenvalue weighted by molar-refractivity contribution is -0.116. The normalized spacial score (nSPS) is 17.8. The topological polar surface area (TPSA) is 66.5 Å². The summed E-state index contributed by atoms with van der Waals surface area (Å²) in [6.45, 7) is 6.51. The maximum atomic E-state index is 13.2. The number of aryl methyl sites for hydroxylation is 1. The molecule has 1 heterocycles. The zero-order chi connectivity index (χ0) is 20.3. The molecule has 1 saturated heterocycles. The van der Waals surface area contributed by atoms with Crippen LogP contribution in [0.25, 0.3) is 0 Å². The monoisotopic (exact) mass is 400 g/mol. The van der Waals surface area contributed by atoms with Crippen LogP contribution in [0.3, 0.4) is 0 Å². The van der Waals surface area contributed by atoms with Gasteiger partial charge in [-0.25, -0.2) is 8.42 Å². The van der Waals surface area contributed by atoms with E-state index in [1.807, 2.05) is 45.0 Å². The molecule has 1 aliphatic rings. The van der Waals surface area contributed by atoms with Gasteiger partial charge in [0.25, 0.3) is 0 Å². The fraction of sp³-hybridized carbons (Fsp3) is 0.409. The third kappa shape index (κ3) is 4.62. The first-order valence-corrected chi connectivity index (χ1v) is 11.2. The van der Waals surface area contributed by atoms with E-state index < -0.39 is 10.0 Å². The van der Waals surface area contributed by atoms with Gasteiger partial charge in [0.05, 0.1) is 10.9 Å². The van der Waals surface area contributed by atoms with Gasteiger partial charge in [-0.3, -0.25) is 4.79 Å². The van der Waals surface area contributed by atoms with Crippen molar-refractivity contribution >= 4 is 21.6 Å². The number of rotatable bonds is 6. The lowest BCUT2D eigenvalue weighted by Gasteiger charge is -2.24. The van der Waals surface area contributed by atoms with Gasteiger partial charge in [-0.15, -0.1) is 0 Å². The number of carbonyl (C=O) groups excluding carboxylic acids is 1. The quantitative estimate of drug-likeness (QED) is 0.776. The second-order valence-electron chi connectivity index (χ2n) is 7.85. The SMILES string of the molecule is Cc1ccc([C@@H]2CCCN2S(=O)(=O)c2ccc(NC(=O)CC(C)C)cc2)cc1. The first-order chi connectivity index (χ1) is 13.3. The van der Waals surface area contributed by atoms with E-state index in [0.717, 1.165) is 24.0 Å². The molecule has 1 fully saturated rings. The van der Waals surface area contributed by atoms with Gasteiger partial charge in [-0.1, -0.05) is 43.7 Å². The standard InChI is InChI=1S/C22H28N2O3S/c1-16(2)15-22(25)23-19-10-12-20(13-11-19)28(26,27)24-14-4-5-21(24)18-8-6-17(3)7-9-18/h6-13,16,21H,4-5,14-15H2,1-3H3,(H,23,25)/t21-/m0/s1. The highest BCUT2D eigenvalue weighted by molar-refractivity contribution is 7.89. The maximum absolute atomic E-state index is 13.2. The zero-order valence-electron chi connectivity index (χ0n) is 16.7. The van der Waals surface area contributed by atoms with Crippen molar-refractivity contribution in [1.29, 1.82) is 0 Å². The summed E-state index contributed by atoms with van der Waals surface area (Å²) < 4.78 is 28.0. The van der Waals surface area contributed by atoms with Gasteiger partial charge >= 0.3 is 0 Å². The predicted octanol–water partition coefficient (Wildman–Crippen LogP) is 4.51. The fourth-order valence-electron chi connectivity index (χ4n) is 3.58. The summed E-state index contributed by atoms with van der Waals surface area (Å²) in [6, 6.07) is 14.4. The highest BCUT2D eigenvalue weighted by atomic mass is 32.2. The van der Waals surface area contributed by atoms with Gasteiger partial charge in [0.15, 0.2) is 0 Å². The van der Waals surface area contributed by atoms with Crippen molar-refractivity contribution in [3.8, 4) is 0 Å². The molecule has 0 spiro atoms. The van der Waals surface area contributed by atoms with Crippen LogP contribution in [0.15, 0.2) is 53.4 Å². The van der Waals surface area contributed by atoms with Crippen molar-refractivity contribution in [2.24, 2.45) is 5.92 Å². The van der Waals surface area contributed by atoms with E-state index >= 15 is 0 Å². The van der Waals surface area contributed by atoms with E-state index in [9.17, 15) is 13.2 Å². The molecule has 6 heteroatoms. The molecule has 5 nitrogen and oxygen atoms in total. The predicted molar refractivity (Wildman–Crippen MR) is 112 cm³/mol. The van der Waals surface area contributed by atoms with Crippen molar-refractivity contribution in [1.82, 2.24) is 4.31 Å². The molecule has 2 aromatic rings. The van der Waals surface area contributed by atoms with Crippen LogP contribution in [0, 0.1) is 12.8 Å². The summed E-state index contributed by atoms with van der Waals surface area (Å²) >= 11 is 0. The Morgan fingerprint density at radius 2 is 1.75 bits per heavy atom. The lowest BCUT2D eigenvalue weighted by Crippen LogP contribution is -2.30. The van der Waals surface area contributed by atoms with Gasteiger partial charge in [0, 0.05) is 18.7 Å². The van der Waals surface area contributed by atoms with Crippen LogP contribution in [-0.2, 0) is 14.8 Å². The Bertz CT molecular complexity index is 919. The van der Waals surface area contributed by atoms with Crippen LogP contribution >= 0.6 is 0 Å². The van der Waals surface area contributed by atoms with E-state index in [0.29, 0.717) is 18.7 Å². The Kier molecular flexibility index (Phi) is 6.20. The molecule has 0 bridgehead atoms. The first kappa shape index (κ1) is 20.6. The minimum Gasteiger partial charge on any atom is -0.326 e. The molecule has 150 valence electrons. The van der Waals surface area contributed by atoms with Gasteiger partial charge < -0.3 is 5.32 Å². The molecule has 1 atom stereocenters. The molecular weight excluding hydrogens is 372 g/mol. The number of amides is 1. The number of nitrogens with zero attached hydrogens (tertiary/aromatic N) is 1. The minimum absolute atomic E-state index is 0.0652. The molecule has 2 aromatic carbocycles. The maximum Gasteiger partial charge on any atom is 0.243 e. The number of anilines is 1. The first-order valence-electron chi connectivity index (χ1n) is 9.75. The molecule has 0 radical (unpaired) electrons. The Labute approximate surface area is 167 Å². The van der Waals surface area contributed by atoms with Crippen LogP contribution in [0.5, 0.6) is 0 Å². The molecule has 1 N–H and O–H groups in total. The van der Waals surface area contributed by atoms with Crippen molar-refractivity contribution in [2.45, 2.75) is 51.0 Å². The van der Waals surface area contributed by atoms with Gasteiger partial charge in [-0.05, 0) is 55.5 Å². The summed E-state index contributed by atoms with van der Waals surface area (Å²) in [5, 5.41) is 2.81. The summed E-state index contributed by atoms with van der Waals surface area (Å²) in [5.41, 5.74) is 2.80. The number of carbonyl (C=O) groups is 1. The second-order valence-corrected chi connectivity index (χ2v) is 9.75. The Balaban J connectivity index is 1.78. The van der Waals surface area contributed by atoms with Crippen LogP contribution < -0.4 is 5.32 Å². The smallest absolute Gasteiger partial charge is 0.243 e. The summed E-state index contributed by atoms with van der Waals surface area (Å²) in [7, 11) is -3.59. The average molecular weight is 401 g/mol. The largest absolute Gasteiger partial charge is 0.326 e. The Morgan fingerprint density at radius 3 is 2.36 bits per heavy atom. The zero-order valence-corrected chi connectivity index (χ0v) is 17.5. The summed E-state index contributed by atoms with van der Waals surface area (Å²) in [6.07, 6.45) is 2.11. The van der Waals surface area contributed by atoms with Crippen molar-refractivity contribution < 1.29 is 13.2 Å². The number of sulfonamides is 1. The molecule has 1 amide bonds. The lowest BCUT2D eigenvalue weighted by atomic mass is 10.0. The van der Waals surface area contributed by atoms with E-state index in [1.54, 1.807) is 28.6 Å². The summed E-state index contributed by atoms with van der Waals surface area (Å²) in [4.78, 5) is 12.2. The van der Waals surface area contributed by atoms with E-state index in [1.165, 1.54) is 0 Å². The van der Waals surface area contributed by atoms with Crippen molar-refractivity contribution in [3.05, 3.63) is 59.7 Å². The van der Waals surface area contributed by atoms with Gasteiger partial charge in [0.1, 0.15) is 0 Å². The van der Waals surface area contributed by atoms with Crippen LogP contribution in [0.4, 0.5) is 5.69 Å². The van der Waals surface area contributed by atoms with E-state index in [4.69, 9.17) is 0 Å². The van der Waals surface area contributed by atoms with Crippen molar-refractivity contribution in [2.75, 3.05) is 11.9 Å². The second kappa shape index (κ2) is 8.45. The number of hydrogen-bond donors (Lipinski definition) is 1. The summed E-state index contributed by atoms with van der Waals surface area (Å²) in [5.74, 6) is 0.207. The van der Waals surface area contributed by atoms with Gasteiger partial charge in [0.2, 0.25) is 15.9 Å². The molecule has 0 aromatic heterocycles. The van der Waals surface area contributed by atoms with Gasteiger partial charge in [-0.2, -0.15) is 4.31 Å². The highest BCUT2D eigenvalue weighted by Crippen LogP contribution is 2.36. The number of hydrogen-bond acceptors (Lipinski definition) is 3. The third-order valence-electron chi connectivity index (χ3n) is 5.00. The van der Waals surface area contributed by atoms with Crippen molar-refractivity contribution in [3.63, 3.8) is 0 Å². The van der Waals surface area contributed by atoms with Crippen LogP contribution in [0.2, 0.25) is 0 Å². The number of nitrogens with one attached hydrogen (secondary N) is 1. The molecular formula is C22H28N2O3S. The van der Waals surface area contributed by atoms with Crippen LogP contribution in [-0.4, -0.2) is 25.2 Å². The Hall–Kier alpha value is -2.18.